The van der Waals surface area contributed by atoms with E-state index in [1.165, 1.54) is 0 Å². The first kappa shape index (κ1) is 22.3. The van der Waals surface area contributed by atoms with Crippen LogP contribution in [0.5, 0.6) is 11.5 Å². The molecule has 164 valence electrons. The van der Waals surface area contributed by atoms with Crippen molar-refractivity contribution in [2.45, 2.75) is 52.0 Å². The first-order chi connectivity index (χ1) is 14.9. The van der Waals surface area contributed by atoms with Crippen molar-refractivity contribution in [1.29, 1.82) is 0 Å². The fraction of sp³-hybridized carbons (Fsp3) is 0.375. The van der Waals surface area contributed by atoms with E-state index in [0.29, 0.717) is 30.0 Å². The maximum atomic E-state index is 13.0. The highest BCUT2D eigenvalue weighted by Gasteiger charge is 2.50. The van der Waals surface area contributed by atoms with Crippen LogP contribution in [-0.4, -0.2) is 34.8 Å². The molecule has 7 heteroatoms. The SMILES string of the molecule is CCCC1(CCC)NC(=O)N(CC(=O)Nc2ccccc2Oc2ccc(C)cc2)C1=O. The largest absolute Gasteiger partial charge is 0.455 e. The smallest absolute Gasteiger partial charge is 0.325 e. The normalized spacial score (nSPS) is 15.0. The van der Waals surface area contributed by atoms with Crippen LogP contribution in [0.15, 0.2) is 48.5 Å². The summed E-state index contributed by atoms with van der Waals surface area (Å²) in [7, 11) is 0. The van der Waals surface area contributed by atoms with Crippen LogP contribution in [0, 0.1) is 6.92 Å². The highest BCUT2D eigenvalue weighted by molar-refractivity contribution is 6.10. The molecular formula is C24H29N3O4. The van der Waals surface area contributed by atoms with E-state index in [1.807, 2.05) is 45.0 Å². The molecule has 1 aliphatic heterocycles. The molecule has 3 rings (SSSR count). The number of hydrogen-bond donors (Lipinski definition) is 2. The first-order valence-corrected chi connectivity index (χ1v) is 10.7. The van der Waals surface area contributed by atoms with Crippen LogP contribution in [0.4, 0.5) is 10.5 Å². The number of amides is 4. The summed E-state index contributed by atoms with van der Waals surface area (Å²) in [6, 6.07) is 14.1. The molecule has 2 aromatic rings. The van der Waals surface area contributed by atoms with Gasteiger partial charge in [-0.15, -0.1) is 0 Å². The molecule has 0 aromatic heterocycles. The topological polar surface area (TPSA) is 87.7 Å². The quantitative estimate of drug-likeness (QED) is 0.576. The van der Waals surface area contributed by atoms with E-state index in [4.69, 9.17) is 4.74 Å². The van der Waals surface area contributed by atoms with E-state index in [0.717, 1.165) is 23.3 Å². The molecule has 7 nitrogen and oxygen atoms in total. The molecule has 0 spiro atoms. The van der Waals surface area contributed by atoms with Gasteiger partial charge in [-0.1, -0.05) is 56.5 Å². The molecule has 0 saturated carbocycles. The Morgan fingerprint density at radius 2 is 1.68 bits per heavy atom. The monoisotopic (exact) mass is 423 g/mol. The van der Waals surface area contributed by atoms with Crippen LogP contribution in [0.3, 0.4) is 0 Å². The molecular weight excluding hydrogens is 394 g/mol. The van der Waals surface area contributed by atoms with Gasteiger partial charge in [-0.2, -0.15) is 0 Å². The van der Waals surface area contributed by atoms with Crippen molar-refractivity contribution in [1.82, 2.24) is 10.2 Å². The average molecular weight is 424 g/mol. The highest BCUT2D eigenvalue weighted by atomic mass is 16.5. The van der Waals surface area contributed by atoms with Crippen molar-refractivity contribution in [3.05, 3.63) is 54.1 Å². The second kappa shape index (κ2) is 9.64. The van der Waals surface area contributed by atoms with E-state index in [-0.39, 0.29) is 12.5 Å². The number of benzene rings is 2. The minimum absolute atomic E-state index is 0.333. The minimum Gasteiger partial charge on any atom is -0.455 e. The van der Waals surface area contributed by atoms with E-state index < -0.39 is 17.5 Å². The van der Waals surface area contributed by atoms with Crippen LogP contribution >= 0.6 is 0 Å². The number of carbonyl (C=O) groups excluding carboxylic acids is 3. The van der Waals surface area contributed by atoms with Crippen molar-refractivity contribution in [2.24, 2.45) is 0 Å². The maximum Gasteiger partial charge on any atom is 0.325 e. The van der Waals surface area contributed by atoms with Gasteiger partial charge in [0.25, 0.3) is 5.91 Å². The first-order valence-electron chi connectivity index (χ1n) is 10.7. The van der Waals surface area contributed by atoms with Crippen molar-refractivity contribution in [2.75, 3.05) is 11.9 Å². The molecule has 0 bridgehead atoms. The number of rotatable bonds is 9. The molecule has 1 fully saturated rings. The lowest BCUT2D eigenvalue weighted by molar-refractivity contribution is -0.134. The van der Waals surface area contributed by atoms with E-state index >= 15 is 0 Å². The lowest BCUT2D eigenvalue weighted by Crippen LogP contribution is -2.47. The van der Waals surface area contributed by atoms with Gasteiger partial charge in [0.15, 0.2) is 5.75 Å². The molecule has 0 atom stereocenters. The summed E-state index contributed by atoms with van der Waals surface area (Å²) in [5.74, 6) is 0.321. The third-order valence-electron chi connectivity index (χ3n) is 5.31. The third-order valence-corrected chi connectivity index (χ3v) is 5.31. The summed E-state index contributed by atoms with van der Waals surface area (Å²) in [5, 5.41) is 5.58. The third kappa shape index (κ3) is 5.05. The number of nitrogens with one attached hydrogen (secondary N) is 2. The molecule has 2 aromatic carbocycles. The Kier molecular flexibility index (Phi) is 6.95. The second-order valence-corrected chi connectivity index (χ2v) is 7.86. The zero-order chi connectivity index (χ0) is 22.4. The number of nitrogens with zero attached hydrogens (tertiary/aromatic N) is 1. The number of ether oxygens (including phenoxy) is 1. The zero-order valence-corrected chi connectivity index (χ0v) is 18.2. The summed E-state index contributed by atoms with van der Waals surface area (Å²) < 4.78 is 5.90. The number of para-hydroxylation sites is 2. The molecule has 0 unspecified atom stereocenters. The Morgan fingerprint density at radius 3 is 2.32 bits per heavy atom. The lowest BCUT2D eigenvalue weighted by Gasteiger charge is -2.25. The Balaban J connectivity index is 1.70. The van der Waals surface area contributed by atoms with Gasteiger partial charge in [0.2, 0.25) is 5.91 Å². The summed E-state index contributed by atoms with van der Waals surface area (Å²) >= 11 is 0. The van der Waals surface area contributed by atoms with Gasteiger partial charge >= 0.3 is 6.03 Å². The van der Waals surface area contributed by atoms with Crippen LogP contribution < -0.4 is 15.4 Å². The lowest BCUT2D eigenvalue weighted by atomic mass is 9.88. The number of carbonyl (C=O) groups is 3. The molecule has 1 saturated heterocycles. The number of urea groups is 1. The fourth-order valence-corrected chi connectivity index (χ4v) is 3.86. The minimum atomic E-state index is -0.909. The average Bonchev–Trinajstić information content (AvgIpc) is 2.96. The Labute approximate surface area is 182 Å². The fourth-order valence-electron chi connectivity index (χ4n) is 3.86. The molecule has 1 aliphatic rings. The van der Waals surface area contributed by atoms with Gasteiger partial charge in [-0.25, -0.2) is 4.79 Å². The van der Waals surface area contributed by atoms with E-state index in [2.05, 4.69) is 10.6 Å². The van der Waals surface area contributed by atoms with E-state index in [9.17, 15) is 14.4 Å². The summed E-state index contributed by atoms with van der Waals surface area (Å²) in [6.45, 7) is 5.58. The Hall–Kier alpha value is -3.35. The van der Waals surface area contributed by atoms with Gasteiger partial charge in [-0.05, 0) is 44.0 Å². The predicted octanol–water partition coefficient (Wildman–Crippen LogP) is 4.62. The second-order valence-electron chi connectivity index (χ2n) is 7.86. The summed E-state index contributed by atoms with van der Waals surface area (Å²) in [4.78, 5) is 39.1. The standard InChI is InChI=1S/C24H29N3O4/c1-4-14-24(15-5-2)22(29)27(23(30)26-24)16-21(28)25-19-8-6-7-9-20(19)31-18-12-10-17(3)11-13-18/h6-13H,4-5,14-16H2,1-3H3,(H,25,28)(H,26,30). The number of imide groups is 1. The Morgan fingerprint density at radius 1 is 1.03 bits per heavy atom. The number of hydrogen-bond acceptors (Lipinski definition) is 4. The molecule has 1 heterocycles. The Bertz CT molecular complexity index is 950. The van der Waals surface area contributed by atoms with Crippen LogP contribution in [0.1, 0.15) is 45.1 Å². The van der Waals surface area contributed by atoms with Crippen molar-refractivity contribution < 1.29 is 19.1 Å². The molecule has 31 heavy (non-hydrogen) atoms. The van der Waals surface area contributed by atoms with Gasteiger partial charge < -0.3 is 15.4 Å². The molecule has 4 amide bonds. The van der Waals surface area contributed by atoms with Gasteiger partial charge in [-0.3, -0.25) is 14.5 Å². The van der Waals surface area contributed by atoms with Crippen molar-refractivity contribution >= 4 is 23.5 Å². The van der Waals surface area contributed by atoms with Crippen molar-refractivity contribution in [3.8, 4) is 11.5 Å². The number of aryl methyl sites for hydroxylation is 1. The van der Waals surface area contributed by atoms with Crippen LogP contribution in [-0.2, 0) is 9.59 Å². The van der Waals surface area contributed by atoms with Crippen LogP contribution in [0.25, 0.3) is 0 Å². The predicted molar refractivity (Wildman–Crippen MR) is 119 cm³/mol. The highest BCUT2D eigenvalue weighted by Crippen LogP contribution is 2.30. The molecule has 0 aliphatic carbocycles. The van der Waals surface area contributed by atoms with Gasteiger partial charge in [0, 0.05) is 0 Å². The van der Waals surface area contributed by atoms with Gasteiger partial charge in [0.1, 0.15) is 17.8 Å². The van der Waals surface area contributed by atoms with E-state index in [1.54, 1.807) is 24.3 Å². The van der Waals surface area contributed by atoms with Crippen molar-refractivity contribution in [3.63, 3.8) is 0 Å². The molecule has 2 N–H and O–H groups in total. The number of anilines is 1. The maximum absolute atomic E-state index is 13.0. The van der Waals surface area contributed by atoms with Gasteiger partial charge in [0.05, 0.1) is 5.69 Å². The zero-order valence-electron chi connectivity index (χ0n) is 18.2. The molecule has 0 radical (unpaired) electrons. The summed E-state index contributed by atoms with van der Waals surface area (Å²) in [6.07, 6.45) is 2.62. The summed E-state index contributed by atoms with van der Waals surface area (Å²) in [5.41, 5.74) is 0.672. The van der Waals surface area contributed by atoms with Crippen LogP contribution in [0.2, 0.25) is 0 Å².